The molecule has 1 atom stereocenters. The molecule has 0 radical (unpaired) electrons. The van der Waals surface area contributed by atoms with E-state index in [1.165, 1.54) is 19.3 Å². The van der Waals surface area contributed by atoms with Crippen LogP contribution in [0.1, 0.15) is 31.7 Å². The number of aromatic nitrogens is 2. The maximum absolute atomic E-state index is 6.01. The summed E-state index contributed by atoms with van der Waals surface area (Å²) in [6.07, 6.45) is 5.41. The summed E-state index contributed by atoms with van der Waals surface area (Å²) in [6, 6.07) is 0. The number of halogens is 1. The van der Waals surface area contributed by atoms with Gasteiger partial charge in [-0.2, -0.15) is 0 Å². The third kappa shape index (κ3) is 2.29. The number of nitrogens with zero attached hydrogens (tertiary/aromatic N) is 3. The molecule has 0 N–H and O–H groups in total. The summed E-state index contributed by atoms with van der Waals surface area (Å²) in [4.78, 5) is 10.7. The van der Waals surface area contributed by atoms with Gasteiger partial charge < -0.3 is 4.90 Å². The zero-order valence-electron chi connectivity index (χ0n) is 9.91. The Bertz CT molecular complexity index is 367. The van der Waals surface area contributed by atoms with Crippen molar-refractivity contribution >= 4 is 17.4 Å². The van der Waals surface area contributed by atoms with E-state index in [2.05, 4.69) is 21.8 Å². The fourth-order valence-electron chi connectivity index (χ4n) is 2.41. The summed E-state index contributed by atoms with van der Waals surface area (Å²) in [5.41, 5.74) is 1.00. The minimum Gasteiger partial charge on any atom is -0.356 e. The van der Waals surface area contributed by atoms with Gasteiger partial charge in [0.05, 0.1) is 0 Å². The van der Waals surface area contributed by atoms with Crippen LogP contribution in [0.15, 0.2) is 6.33 Å². The largest absolute Gasteiger partial charge is 0.356 e. The molecule has 1 unspecified atom stereocenters. The molecule has 16 heavy (non-hydrogen) atoms. The molecule has 1 fully saturated rings. The first kappa shape index (κ1) is 11.6. The van der Waals surface area contributed by atoms with E-state index in [-0.39, 0.29) is 0 Å². The average molecular weight is 240 g/mol. The Balaban J connectivity index is 2.11. The lowest BCUT2D eigenvalue weighted by molar-refractivity contribution is 0.529. The van der Waals surface area contributed by atoms with E-state index in [1.54, 1.807) is 6.33 Å². The maximum Gasteiger partial charge on any atom is 0.137 e. The standard InChI is InChI=1S/C12H18ClN3/c1-3-4-10-5-6-16(7-10)12-9(2)11(13)14-8-15-12/h8,10H,3-7H2,1-2H3. The third-order valence-electron chi connectivity index (χ3n) is 3.28. The Kier molecular flexibility index (Phi) is 3.64. The number of hydrogen-bond donors (Lipinski definition) is 0. The molecule has 2 heterocycles. The lowest BCUT2D eigenvalue weighted by Gasteiger charge is -2.19. The van der Waals surface area contributed by atoms with Crippen molar-refractivity contribution in [3.63, 3.8) is 0 Å². The minimum atomic E-state index is 0.573. The fraction of sp³-hybridized carbons (Fsp3) is 0.667. The van der Waals surface area contributed by atoms with Crippen LogP contribution in [0.25, 0.3) is 0 Å². The van der Waals surface area contributed by atoms with E-state index in [9.17, 15) is 0 Å². The second-order valence-corrected chi connectivity index (χ2v) is 4.86. The van der Waals surface area contributed by atoms with Crippen LogP contribution in [0.5, 0.6) is 0 Å². The molecule has 3 nitrogen and oxygen atoms in total. The van der Waals surface area contributed by atoms with Crippen LogP contribution in [0.4, 0.5) is 5.82 Å². The van der Waals surface area contributed by atoms with E-state index in [0.717, 1.165) is 30.4 Å². The van der Waals surface area contributed by atoms with Gasteiger partial charge in [0, 0.05) is 18.7 Å². The smallest absolute Gasteiger partial charge is 0.137 e. The van der Waals surface area contributed by atoms with E-state index in [0.29, 0.717) is 5.15 Å². The lowest BCUT2D eigenvalue weighted by Crippen LogP contribution is -2.22. The van der Waals surface area contributed by atoms with Gasteiger partial charge in [-0.05, 0) is 25.7 Å². The molecule has 1 saturated heterocycles. The summed E-state index contributed by atoms with van der Waals surface area (Å²) in [6.45, 7) is 6.45. The van der Waals surface area contributed by atoms with Gasteiger partial charge >= 0.3 is 0 Å². The topological polar surface area (TPSA) is 29.0 Å². The van der Waals surface area contributed by atoms with Crippen molar-refractivity contribution in [1.29, 1.82) is 0 Å². The first-order valence-corrected chi connectivity index (χ1v) is 6.32. The Morgan fingerprint density at radius 2 is 2.31 bits per heavy atom. The predicted molar refractivity (Wildman–Crippen MR) is 67.0 cm³/mol. The molecule has 0 bridgehead atoms. The monoisotopic (exact) mass is 239 g/mol. The van der Waals surface area contributed by atoms with Crippen LogP contribution in [-0.4, -0.2) is 23.1 Å². The highest BCUT2D eigenvalue weighted by Gasteiger charge is 2.24. The van der Waals surface area contributed by atoms with Gasteiger partial charge in [0.15, 0.2) is 0 Å². The third-order valence-corrected chi connectivity index (χ3v) is 3.66. The molecule has 1 aliphatic heterocycles. The molecule has 4 heteroatoms. The lowest BCUT2D eigenvalue weighted by atomic mass is 10.0. The number of anilines is 1. The fourth-order valence-corrected chi connectivity index (χ4v) is 2.54. The molecule has 0 aliphatic carbocycles. The Hall–Kier alpha value is -0.830. The molecule has 0 saturated carbocycles. The molecule has 2 rings (SSSR count). The first-order valence-electron chi connectivity index (χ1n) is 5.94. The van der Waals surface area contributed by atoms with Crippen LogP contribution < -0.4 is 4.90 Å². The quantitative estimate of drug-likeness (QED) is 0.760. The van der Waals surface area contributed by atoms with Gasteiger partial charge in [0.25, 0.3) is 0 Å². The highest BCUT2D eigenvalue weighted by atomic mass is 35.5. The summed E-state index contributed by atoms with van der Waals surface area (Å²) >= 11 is 6.01. The van der Waals surface area contributed by atoms with Gasteiger partial charge in [-0.15, -0.1) is 0 Å². The van der Waals surface area contributed by atoms with Crippen molar-refractivity contribution in [3.8, 4) is 0 Å². The molecular formula is C12H18ClN3. The zero-order chi connectivity index (χ0) is 11.5. The van der Waals surface area contributed by atoms with Crippen LogP contribution in [0, 0.1) is 12.8 Å². The minimum absolute atomic E-state index is 0.573. The normalized spacial score (nSPS) is 20.4. The van der Waals surface area contributed by atoms with Crippen molar-refractivity contribution in [3.05, 3.63) is 17.0 Å². The highest BCUT2D eigenvalue weighted by Crippen LogP contribution is 2.28. The van der Waals surface area contributed by atoms with Gasteiger partial charge in [0.2, 0.25) is 0 Å². The zero-order valence-corrected chi connectivity index (χ0v) is 10.7. The SMILES string of the molecule is CCCC1CCN(c2ncnc(Cl)c2C)C1. The van der Waals surface area contributed by atoms with Crippen molar-refractivity contribution in [2.24, 2.45) is 5.92 Å². The molecule has 88 valence electrons. The van der Waals surface area contributed by atoms with Gasteiger partial charge in [-0.1, -0.05) is 24.9 Å². The first-order chi connectivity index (χ1) is 7.72. The van der Waals surface area contributed by atoms with E-state index in [1.807, 2.05) is 6.92 Å². The van der Waals surface area contributed by atoms with Gasteiger partial charge in [-0.25, -0.2) is 9.97 Å². The molecule has 1 aromatic heterocycles. The van der Waals surface area contributed by atoms with E-state index in [4.69, 9.17) is 11.6 Å². The maximum atomic E-state index is 6.01. The highest BCUT2D eigenvalue weighted by molar-refractivity contribution is 6.30. The summed E-state index contributed by atoms with van der Waals surface area (Å²) < 4.78 is 0. The van der Waals surface area contributed by atoms with Gasteiger partial charge in [-0.3, -0.25) is 0 Å². The van der Waals surface area contributed by atoms with Crippen LogP contribution in [-0.2, 0) is 0 Å². The molecule has 1 aromatic rings. The van der Waals surface area contributed by atoms with Crippen LogP contribution in [0.2, 0.25) is 5.15 Å². The molecule has 0 amide bonds. The average Bonchev–Trinajstić information content (AvgIpc) is 2.71. The summed E-state index contributed by atoms with van der Waals surface area (Å²) in [5.74, 6) is 1.83. The Labute approximate surface area is 102 Å². The van der Waals surface area contributed by atoms with Gasteiger partial charge in [0.1, 0.15) is 17.3 Å². The summed E-state index contributed by atoms with van der Waals surface area (Å²) in [5, 5.41) is 0.573. The molecule has 0 spiro atoms. The Morgan fingerprint density at radius 3 is 3.06 bits per heavy atom. The van der Waals surface area contributed by atoms with Crippen molar-refractivity contribution in [1.82, 2.24) is 9.97 Å². The van der Waals surface area contributed by atoms with Crippen molar-refractivity contribution in [2.45, 2.75) is 33.1 Å². The van der Waals surface area contributed by atoms with E-state index >= 15 is 0 Å². The van der Waals surface area contributed by atoms with Crippen molar-refractivity contribution < 1.29 is 0 Å². The molecular weight excluding hydrogens is 222 g/mol. The number of rotatable bonds is 3. The van der Waals surface area contributed by atoms with E-state index < -0.39 is 0 Å². The second-order valence-electron chi connectivity index (χ2n) is 4.50. The second kappa shape index (κ2) is 5.00. The molecule has 1 aliphatic rings. The summed E-state index contributed by atoms with van der Waals surface area (Å²) in [7, 11) is 0. The predicted octanol–water partition coefficient (Wildman–Crippen LogP) is 3.06. The Morgan fingerprint density at radius 1 is 1.50 bits per heavy atom. The van der Waals surface area contributed by atoms with Crippen molar-refractivity contribution in [2.75, 3.05) is 18.0 Å². The van der Waals surface area contributed by atoms with Crippen LogP contribution in [0.3, 0.4) is 0 Å². The van der Waals surface area contributed by atoms with Crippen LogP contribution >= 0.6 is 11.6 Å². The number of hydrogen-bond acceptors (Lipinski definition) is 3. The molecule has 0 aromatic carbocycles.